The molecule has 1 aromatic carbocycles. The first kappa shape index (κ1) is 20.2. The number of methoxy groups -OCH3 is 1. The van der Waals surface area contributed by atoms with Crippen LogP contribution in [0.25, 0.3) is 0 Å². The van der Waals surface area contributed by atoms with E-state index in [1.54, 1.807) is 18.4 Å². The summed E-state index contributed by atoms with van der Waals surface area (Å²) >= 11 is 1.68. The number of guanidine groups is 1. The zero-order valence-corrected chi connectivity index (χ0v) is 17.2. The highest BCUT2D eigenvalue weighted by atomic mass is 32.1. The van der Waals surface area contributed by atoms with Gasteiger partial charge in [-0.1, -0.05) is 26.0 Å². The Morgan fingerprint density at radius 1 is 1.31 bits per heavy atom. The number of nitrogens with one attached hydrogen (secondary N) is 2. The number of nitrogens with zero attached hydrogens (tertiary/aromatic N) is 2. The number of rotatable bonds is 8. The lowest BCUT2D eigenvalue weighted by atomic mass is 10.1. The molecule has 2 N–H and O–H groups in total. The van der Waals surface area contributed by atoms with Crippen LogP contribution in [-0.2, 0) is 13.0 Å². The first-order valence-corrected chi connectivity index (χ1v) is 10.0. The van der Waals surface area contributed by atoms with Gasteiger partial charge in [-0.2, -0.15) is 0 Å². The van der Waals surface area contributed by atoms with Crippen molar-refractivity contribution in [3.05, 3.63) is 45.4 Å². The van der Waals surface area contributed by atoms with Crippen molar-refractivity contribution in [2.75, 3.05) is 20.2 Å². The molecule has 0 spiro atoms. The zero-order chi connectivity index (χ0) is 18.9. The van der Waals surface area contributed by atoms with Crippen LogP contribution < -0.4 is 15.4 Å². The molecule has 0 fully saturated rings. The van der Waals surface area contributed by atoms with Crippen molar-refractivity contribution in [3.63, 3.8) is 0 Å². The molecule has 0 saturated carbocycles. The Labute approximate surface area is 160 Å². The fraction of sp³-hybridized carbons (Fsp3) is 0.500. The molecule has 0 amide bonds. The summed E-state index contributed by atoms with van der Waals surface area (Å²) in [5.74, 6) is 2.22. The highest BCUT2D eigenvalue weighted by Gasteiger charge is 2.06. The highest BCUT2D eigenvalue weighted by molar-refractivity contribution is 7.09. The summed E-state index contributed by atoms with van der Waals surface area (Å²) in [5.41, 5.74) is 3.55. The van der Waals surface area contributed by atoms with Gasteiger partial charge >= 0.3 is 0 Å². The van der Waals surface area contributed by atoms with E-state index in [1.807, 2.05) is 0 Å². The Bertz CT molecular complexity index is 724. The van der Waals surface area contributed by atoms with E-state index in [1.165, 1.54) is 5.56 Å². The molecule has 0 saturated heterocycles. The second-order valence-corrected chi connectivity index (χ2v) is 7.44. The molecule has 6 heteroatoms. The first-order chi connectivity index (χ1) is 12.5. The molecular formula is C20H30N4OS. The summed E-state index contributed by atoms with van der Waals surface area (Å²) in [6.45, 7) is 10.7. The van der Waals surface area contributed by atoms with E-state index in [9.17, 15) is 0 Å². The molecule has 0 unspecified atom stereocenters. The second-order valence-electron chi connectivity index (χ2n) is 6.50. The summed E-state index contributed by atoms with van der Waals surface area (Å²) in [6.07, 6.45) is 0.913. The van der Waals surface area contributed by atoms with E-state index < -0.39 is 0 Å². The topological polar surface area (TPSA) is 58.5 Å². The first-order valence-electron chi connectivity index (χ1n) is 9.13. The molecule has 1 heterocycles. The summed E-state index contributed by atoms with van der Waals surface area (Å²) in [5, 5.41) is 9.86. The lowest BCUT2D eigenvalue weighted by Gasteiger charge is -2.12. The van der Waals surface area contributed by atoms with Crippen LogP contribution in [0.3, 0.4) is 0 Å². The Morgan fingerprint density at radius 3 is 2.77 bits per heavy atom. The van der Waals surface area contributed by atoms with Gasteiger partial charge in [-0.3, -0.25) is 0 Å². The van der Waals surface area contributed by atoms with Gasteiger partial charge in [0.05, 0.1) is 19.3 Å². The Morgan fingerprint density at radius 2 is 2.12 bits per heavy atom. The molecule has 2 aromatic rings. The maximum absolute atomic E-state index is 5.40. The molecule has 0 aliphatic carbocycles. The van der Waals surface area contributed by atoms with Crippen molar-refractivity contribution in [1.29, 1.82) is 0 Å². The molecule has 0 aliphatic rings. The number of thiazole rings is 1. The average molecular weight is 375 g/mol. The quantitative estimate of drug-likeness (QED) is 0.544. The molecule has 2 rings (SSSR count). The largest absolute Gasteiger partial charge is 0.496 e. The average Bonchev–Trinajstić information content (AvgIpc) is 3.10. The molecule has 0 aliphatic heterocycles. The van der Waals surface area contributed by atoms with Crippen molar-refractivity contribution >= 4 is 17.3 Å². The maximum Gasteiger partial charge on any atom is 0.191 e. The van der Waals surface area contributed by atoms with Gasteiger partial charge in [-0.05, 0) is 43.4 Å². The van der Waals surface area contributed by atoms with Gasteiger partial charge < -0.3 is 15.4 Å². The van der Waals surface area contributed by atoms with Crippen molar-refractivity contribution < 1.29 is 4.74 Å². The minimum atomic E-state index is 0.460. The summed E-state index contributed by atoms with van der Waals surface area (Å²) in [4.78, 5) is 9.29. The van der Waals surface area contributed by atoms with E-state index in [0.29, 0.717) is 12.5 Å². The maximum atomic E-state index is 5.40. The van der Waals surface area contributed by atoms with Gasteiger partial charge in [0.2, 0.25) is 0 Å². The highest BCUT2D eigenvalue weighted by Crippen LogP contribution is 2.19. The number of aliphatic imine (C=N–C) groups is 1. The van der Waals surface area contributed by atoms with Gasteiger partial charge in [-0.25, -0.2) is 9.98 Å². The molecule has 0 atom stereocenters. The van der Waals surface area contributed by atoms with Crippen LogP contribution in [0.4, 0.5) is 0 Å². The lowest BCUT2D eigenvalue weighted by Crippen LogP contribution is -2.38. The predicted octanol–water partition coefficient (Wildman–Crippen LogP) is 3.88. The summed E-state index contributed by atoms with van der Waals surface area (Å²) < 4.78 is 5.40. The lowest BCUT2D eigenvalue weighted by molar-refractivity contribution is 0.411. The molecule has 0 bridgehead atoms. The molecule has 142 valence electrons. The Kier molecular flexibility index (Phi) is 7.91. The van der Waals surface area contributed by atoms with Crippen LogP contribution in [0.15, 0.2) is 28.6 Å². The van der Waals surface area contributed by atoms with E-state index in [2.05, 4.69) is 71.9 Å². The van der Waals surface area contributed by atoms with Crippen LogP contribution in [0.2, 0.25) is 0 Å². The van der Waals surface area contributed by atoms with Crippen LogP contribution in [0.5, 0.6) is 5.75 Å². The van der Waals surface area contributed by atoms with E-state index >= 15 is 0 Å². The minimum Gasteiger partial charge on any atom is -0.496 e. The molecule has 26 heavy (non-hydrogen) atoms. The van der Waals surface area contributed by atoms with Crippen LogP contribution in [0.1, 0.15) is 48.5 Å². The fourth-order valence-corrected chi connectivity index (χ4v) is 3.38. The van der Waals surface area contributed by atoms with Gasteiger partial charge in [0.15, 0.2) is 5.96 Å². The Hall–Kier alpha value is -2.08. The van der Waals surface area contributed by atoms with Crippen molar-refractivity contribution in [3.8, 4) is 5.75 Å². The van der Waals surface area contributed by atoms with Gasteiger partial charge in [0.25, 0.3) is 0 Å². The van der Waals surface area contributed by atoms with Gasteiger partial charge in [0, 0.05) is 18.5 Å². The SMILES string of the molecule is CCNC(=NCc1nc(C(C)C)cs1)NCCc1ccc(C)c(OC)c1. The number of benzene rings is 1. The third-order valence-corrected chi connectivity index (χ3v) is 4.91. The van der Waals surface area contributed by atoms with Crippen molar-refractivity contribution in [2.24, 2.45) is 4.99 Å². The summed E-state index contributed by atoms with van der Waals surface area (Å²) in [6, 6.07) is 6.35. The van der Waals surface area contributed by atoms with Crippen molar-refractivity contribution in [1.82, 2.24) is 15.6 Å². The van der Waals surface area contributed by atoms with Crippen LogP contribution in [-0.4, -0.2) is 31.1 Å². The Balaban J connectivity index is 1.90. The monoisotopic (exact) mass is 374 g/mol. The van der Waals surface area contributed by atoms with E-state index in [4.69, 9.17) is 4.74 Å². The standard InChI is InChI=1S/C20H30N4OS/c1-6-21-20(23-12-19-24-17(13-26-19)14(2)3)22-10-9-16-8-7-15(4)18(11-16)25-5/h7-8,11,13-14H,6,9-10,12H2,1-5H3,(H2,21,22,23). The zero-order valence-electron chi connectivity index (χ0n) is 16.4. The number of aryl methyl sites for hydroxylation is 1. The third-order valence-electron chi connectivity index (χ3n) is 4.06. The van der Waals surface area contributed by atoms with Crippen LogP contribution >= 0.6 is 11.3 Å². The van der Waals surface area contributed by atoms with Crippen molar-refractivity contribution in [2.45, 2.75) is 46.6 Å². The number of ether oxygens (including phenoxy) is 1. The van der Waals surface area contributed by atoms with Gasteiger partial charge in [0.1, 0.15) is 10.8 Å². The molecular weight excluding hydrogens is 344 g/mol. The van der Waals surface area contributed by atoms with E-state index in [0.717, 1.165) is 47.5 Å². The number of hydrogen-bond donors (Lipinski definition) is 2. The molecule has 1 aromatic heterocycles. The second kappa shape index (κ2) is 10.2. The molecule has 0 radical (unpaired) electrons. The molecule has 5 nitrogen and oxygen atoms in total. The minimum absolute atomic E-state index is 0.460. The smallest absolute Gasteiger partial charge is 0.191 e. The van der Waals surface area contributed by atoms with Gasteiger partial charge in [-0.15, -0.1) is 11.3 Å². The number of hydrogen-bond acceptors (Lipinski definition) is 4. The summed E-state index contributed by atoms with van der Waals surface area (Å²) in [7, 11) is 1.71. The number of aromatic nitrogens is 1. The fourth-order valence-electron chi connectivity index (χ4n) is 2.50. The normalized spacial score (nSPS) is 11.7. The third kappa shape index (κ3) is 6.02. The van der Waals surface area contributed by atoms with Crippen LogP contribution in [0, 0.1) is 6.92 Å². The van der Waals surface area contributed by atoms with E-state index in [-0.39, 0.29) is 0 Å². The predicted molar refractivity (Wildman–Crippen MR) is 110 cm³/mol.